The highest BCUT2D eigenvalue weighted by Crippen LogP contribution is 2.17. The monoisotopic (exact) mass is 293 g/mol. The molecule has 6 nitrogen and oxygen atoms in total. The lowest BCUT2D eigenvalue weighted by molar-refractivity contribution is 0.0949. The lowest BCUT2D eigenvalue weighted by atomic mass is 10.1. The van der Waals surface area contributed by atoms with Gasteiger partial charge in [0.25, 0.3) is 5.91 Å². The number of carbonyl (C=O) groups is 1. The summed E-state index contributed by atoms with van der Waals surface area (Å²) < 4.78 is 0. The van der Waals surface area contributed by atoms with E-state index in [2.05, 4.69) is 25.5 Å². The molecule has 0 bridgehead atoms. The van der Waals surface area contributed by atoms with Crippen molar-refractivity contribution in [2.24, 2.45) is 0 Å². The number of aromatic amines is 1. The molecule has 0 unspecified atom stereocenters. The zero-order valence-corrected chi connectivity index (χ0v) is 12.3. The summed E-state index contributed by atoms with van der Waals surface area (Å²) in [6.45, 7) is 6.08. The summed E-state index contributed by atoms with van der Waals surface area (Å²) in [7, 11) is 0. The Morgan fingerprint density at radius 3 is 2.85 bits per heavy atom. The third kappa shape index (κ3) is 3.14. The molecule has 2 rings (SSSR count). The zero-order valence-electron chi connectivity index (χ0n) is 11.6. The van der Waals surface area contributed by atoms with Crippen molar-refractivity contribution in [1.82, 2.24) is 25.5 Å². The second-order valence-corrected chi connectivity index (χ2v) is 5.18. The summed E-state index contributed by atoms with van der Waals surface area (Å²) in [6.07, 6.45) is 3.01. The number of nitrogens with zero attached hydrogens (tertiary/aromatic N) is 3. The molecule has 0 radical (unpaired) electrons. The first-order chi connectivity index (χ1) is 9.49. The van der Waals surface area contributed by atoms with Gasteiger partial charge in [0, 0.05) is 18.3 Å². The summed E-state index contributed by atoms with van der Waals surface area (Å²) in [5.41, 5.74) is 1.17. The molecule has 0 saturated carbocycles. The standard InChI is InChI=1S/C13H16ClN5O/c1-7(2)12-17-11(18-19-12)6-16-13(20)9-4-15-5-10(14)8(9)3/h4-5,7H,6H2,1-3H3,(H,16,20)(H,17,18,19). The molecule has 106 valence electrons. The van der Waals surface area contributed by atoms with Crippen LogP contribution >= 0.6 is 11.6 Å². The van der Waals surface area contributed by atoms with Crippen LogP contribution in [0.25, 0.3) is 0 Å². The molecule has 20 heavy (non-hydrogen) atoms. The van der Waals surface area contributed by atoms with Gasteiger partial charge >= 0.3 is 0 Å². The van der Waals surface area contributed by atoms with E-state index in [9.17, 15) is 4.79 Å². The van der Waals surface area contributed by atoms with E-state index < -0.39 is 0 Å². The van der Waals surface area contributed by atoms with Crippen molar-refractivity contribution < 1.29 is 4.79 Å². The lowest BCUT2D eigenvalue weighted by Gasteiger charge is -2.06. The van der Waals surface area contributed by atoms with Crippen LogP contribution in [0.1, 0.15) is 47.3 Å². The van der Waals surface area contributed by atoms with Crippen molar-refractivity contribution in [2.75, 3.05) is 0 Å². The Kier molecular flexibility index (Phi) is 4.34. The lowest BCUT2D eigenvalue weighted by Crippen LogP contribution is -2.24. The molecule has 7 heteroatoms. The fourth-order valence-electron chi connectivity index (χ4n) is 1.64. The van der Waals surface area contributed by atoms with Gasteiger partial charge < -0.3 is 5.32 Å². The quantitative estimate of drug-likeness (QED) is 0.905. The number of amides is 1. The molecule has 1 amide bonds. The van der Waals surface area contributed by atoms with Crippen LogP contribution in [-0.2, 0) is 6.54 Å². The maximum atomic E-state index is 12.1. The van der Waals surface area contributed by atoms with Gasteiger partial charge in [-0.25, -0.2) is 4.98 Å². The first-order valence-electron chi connectivity index (χ1n) is 6.28. The minimum atomic E-state index is -0.236. The van der Waals surface area contributed by atoms with Gasteiger partial charge in [-0.1, -0.05) is 25.4 Å². The van der Waals surface area contributed by atoms with Gasteiger partial charge in [0.1, 0.15) is 5.82 Å². The van der Waals surface area contributed by atoms with Crippen LogP contribution in [0.5, 0.6) is 0 Å². The topological polar surface area (TPSA) is 83.6 Å². The molecule has 0 saturated heterocycles. The smallest absolute Gasteiger partial charge is 0.253 e. The first-order valence-corrected chi connectivity index (χ1v) is 6.66. The van der Waals surface area contributed by atoms with Crippen molar-refractivity contribution in [3.05, 3.63) is 40.2 Å². The van der Waals surface area contributed by atoms with Gasteiger partial charge in [-0.15, -0.1) is 0 Å². The molecule has 2 aromatic rings. The van der Waals surface area contributed by atoms with Crippen LogP contribution in [0.15, 0.2) is 12.4 Å². The van der Waals surface area contributed by atoms with Gasteiger partial charge in [-0.2, -0.15) is 5.10 Å². The molecule has 0 spiro atoms. The second kappa shape index (κ2) is 6.00. The largest absolute Gasteiger partial charge is 0.345 e. The average molecular weight is 294 g/mol. The fraction of sp³-hybridized carbons (Fsp3) is 0.385. The van der Waals surface area contributed by atoms with E-state index in [0.717, 1.165) is 5.82 Å². The van der Waals surface area contributed by atoms with Crippen molar-refractivity contribution in [3.63, 3.8) is 0 Å². The van der Waals surface area contributed by atoms with Crippen LogP contribution in [-0.4, -0.2) is 26.1 Å². The molecule has 0 atom stereocenters. The van der Waals surface area contributed by atoms with Gasteiger partial charge in [0.15, 0.2) is 5.82 Å². The number of aromatic nitrogens is 4. The minimum Gasteiger partial charge on any atom is -0.345 e. The fourth-order valence-corrected chi connectivity index (χ4v) is 1.79. The van der Waals surface area contributed by atoms with Crippen molar-refractivity contribution in [2.45, 2.75) is 33.2 Å². The van der Waals surface area contributed by atoms with Gasteiger partial charge in [0.2, 0.25) is 0 Å². The normalized spacial score (nSPS) is 10.8. The summed E-state index contributed by atoms with van der Waals surface area (Å²) >= 11 is 5.94. The molecule has 2 heterocycles. The van der Waals surface area contributed by atoms with Crippen LogP contribution in [0.3, 0.4) is 0 Å². The molecule has 0 fully saturated rings. The Morgan fingerprint density at radius 2 is 2.20 bits per heavy atom. The third-order valence-electron chi connectivity index (χ3n) is 2.88. The number of rotatable bonds is 4. The summed E-state index contributed by atoms with van der Waals surface area (Å²) in [5, 5.41) is 10.1. The summed E-state index contributed by atoms with van der Waals surface area (Å²) in [6, 6.07) is 0. The Hall–Kier alpha value is -1.95. The molecule has 0 aliphatic carbocycles. The predicted molar refractivity (Wildman–Crippen MR) is 75.6 cm³/mol. The van der Waals surface area contributed by atoms with Crippen LogP contribution in [0.2, 0.25) is 5.02 Å². The van der Waals surface area contributed by atoms with Gasteiger partial charge in [-0.05, 0) is 12.5 Å². The van der Waals surface area contributed by atoms with Crippen LogP contribution in [0, 0.1) is 6.92 Å². The van der Waals surface area contributed by atoms with Crippen molar-refractivity contribution in [1.29, 1.82) is 0 Å². The molecular weight excluding hydrogens is 278 g/mol. The van der Waals surface area contributed by atoms with E-state index in [1.54, 1.807) is 6.92 Å². The number of carbonyl (C=O) groups excluding carboxylic acids is 1. The number of hydrogen-bond donors (Lipinski definition) is 2. The molecule has 2 N–H and O–H groups in total. The molecule has 0 aliphatic heterocycles. The molecular formula is C13H16ClN5O. The van der Waals surface area contributed by atoms with Gasteiger partial charge in [-0.3, -0.25) is 14.9 Å². The van der Waals surface area contributed by atoms with E-state index >= 15 is 0 Å². The number of hydrogen-bond acceptors (Lipinski definition) is 4. The highest BCUT2D eigenvalue weighted by molar-refractivity contribution is 6.31. The Morgan fingerprint density at radius 1 is 1.45 bits per heavy atom. The Bertz CT molecular complexity index is 623. The van der Waals surface area contributed by atoms with Gasteiger partial charge in [0.05, 0.1) is 17.1 Å². The van der Waals surface area contributed by atoms with E-state index in [1.165, 1.54) is 12.4 Å². The maximum absolute atomic E-state index is 12.1. The number of halogens is 1. The van der Waals surface area contributed by atoms with Crippen molar-refractivity contribution in [3.8, 4) is 0 Å². The number of nitrogens with one attached hydrogen (secondary N) is 2. The molecule has 0 aromatic carbocycles. The summed E-state index contributed by atoms with van der Waals surface area (Å²) in [5.74, 6) is 1.36. The first kappa shape index (κ1) is 14.5. The molecule has 2 aromatic heterocycles. The highest BCUT2D eigenvalue weighted by Gasteiger charge is 2.13. The average Bonchev–Trinajstić information content (AvgIpc) is 2.88. The van der Waals surface area contributed by atoms with E-state index in [4.69, 9.17) is 11.6 Å². The summed E-state index contributed by atoms with van der Waals surface area (Å²) in [4.78, 5) is 20.3. The maximum Gasteiger partial charge on any atom is 0.253 e. The predicted octanol–water partition coefficient (Wildman–Crippen LogP) is 2.21. The minimum absolute atomic E-state index is 0.236. The Balaban J connectivity index is 2.03. The second-order valence-electron chi connectivity index (χ2n) is 4.77. The van der Waals surface area contributed by atoms with Crippen LogP contribution < -0.4 is 5.32 Å². The zero-order chi connectivity index (χ0) is 14.7. The SMILES string of the molecule is Cc1c(Cl)cncc1C(=O)NCc1nc(C(C)C)n[nH]1. The van der Waals surface area contributed by atoms with E-state index in [0.29, 0.717) is 22.0 Å². The van der Waals surface area contributed by atoms with Crippen LogP contribution in [0.4, 0.5) is 0 Å². The van der Waals surface area contributed by atoms with E-state index in [1.807, 2.05) is 13.8 Å². The number of pyridine rings is 1. The van der Waals surface area contributed by atoms with Crippen molar-refractivity contribution >= 4 is 17.5 Å². The Labute approximate surface area is 122 Å². The van der Waals surface area contributed by atoms with E-state index in [-0.39, 0.29) is 18.4 Å². The molecule has 0 aliphatic rings. The number of H-pyrrole nitrogens is 1. The third-order valence-corrected chi connectivity index (χ3v) is 3.26. The highest BCUT2D eigenvalue weighted by atomic mass is 35.5.